The molecule has 0 fully saturated rings. The van der Waals surface area contributed by atoms with Crippen molar-refractivity contribution in [1.29, 1.82) is 0 Å². The molecule has 5 heteroatoms. The number of hydrogen-bond acceptors (Lipinski definition) is 2. The minimum atomic E-state index is -0.835. The van der Waals surface area contributed by atoms with E-state index < -0.39 is 21.9 Å². The highest BCUT2D eigenvalue weighted by atomic mass is 35.5. The lowest BCUT2D eigenvalue weighted by atomic mass is 10.3. The standard InChI is InChI=1S/C7H3ClF2OS/c8-7(12)11-6-4(9)2-1-3-5(6)10/h1-3H. The van der Waals surface area contributed by atoms with Crippen molar-refractivity contribution in [1.82, 2.24) is 0 Å². The van der Waals surface area contributed by atoms with Gasteiger partial charge in [-0.15, -0.1) is 0 Å². The van der Waals surface area contributed by atoms with Crippen molar-refractivity contribution in [2.45, 2.75) is 0 Å². The van der Waals surface area contributed by atoms with Crippen LogP contribution in [0.4, 0.5) is 8.78 Å². The zero-order valence-corrected chi connectivity index (χ0v) is 7.25. The van der Waals surface area contributed by atoms with Crippen molar-refractivity contribution in [2.75, 3.05) is 0 Å². The van der Waals surface area contributed by atoms with Crippen LogP contribution in [0.25, 0.3) is 0 Å². The van der Waals surface area contributed by atoms with E-state index in [0.717, 1.165) is 12.1 Å². The molecule has 64 valence electrons. The number of ether oxygens (including phenoxy) is 1. The van der Waals surface area contributed by atoms with Gasteiger partial charge in [0.05, 0.1) is 0 Å². The Kier molecular flexibility index (Phi) is 2.94. The van der Waals surface area contributed by atoms with Crippen molar-refractivity contribution >= 4 is 28.3 Å². The summed E-state index contributed by atoms with van der Waals surface area (Å²) in [6, 6.07) is 3.32. The van der Waals surface area contributed by atoms with Crippen LogP contribution in [0, 0.1) is 11.6 Å². The van der Waals surface area contributed by atoms with Crippen LogP contribution in [0.2, 0.25) is 0 Å². The number of benzene rings is 1. The van der Waals surface area contributed by atoms with Gasteiger partial charge < -0.3 is 4.74 Å². The second kappa shape index (κ2) is 3.78. The van der Waals surface area contributed by atoms with Crippen LogP contribution in [0.1, 0.15) is 0 Å². The highest BCUT2D eigenvalue weighted by Crippen LogP contribution is 2.21. The van der Waals surface area contributed by atoms with Gasteiger partial charge in [-0.2, -0.15) is 0 Å². The molecule has 1 nitrogen and oxygen atoms in total. The summed E-state index contributed by atoms with van der Waals surface area (Å²) in [4.78, 5) is 0. The topological polar surface area (TPSA) is 9.23 Å². The molecule has 0 amide bonds. The first kappa shape index (κ1) is 9.35. The zero-order valence-electron chi connectivity index (χ0n) is 5.68. The van der Waals surface area contributed by atoms with Crippen molar-refractivity contribution in [3.63, 3.8) is 0 Å². The monoisotopic (exact) mass is 208 g/mol. The molecular weight excluding hydrogens is 206 g/mol. The van der Waals surface area contributed by atoms with Crippen LogP contribution in [-0.4, -0.2) is 4.51 Å². The predicted molar refractivity (Wildman–Crippen MR) is 45.4 cm³/mol. The molecule has 0 saturated carbocycles. The molecule has 0 aliphatic heterocycles. The van der Waals surface area contributed by atoms with Gasteiger partial charge in [-0.1, -0.05) is 6.07 Å². The lowest BCUT2D eigenvalue weighted by Crippen LogP contribution is -2.00. The summed E-state index contributed by atoms with van der Waals surface area (Å²) >= 11 is 9.44. The van der Waals surface area contributed by atoms with E-state index >= 15 is 0 Å². The average molecular weight is 209 g/mol. The molecule has 0 unspecified atom stereocenters. The first-order chi connectivity index (χ1) is 5.61. The third kappa shape index (κ3) is 2.12. The summed E-state index contributed by atoms with van der Waals surface area (Å²) in [6.07, 6.45) is 0. The van der Waals surface area contributed by atoms with E-state index in [9.17, 15) is 8.78 Å². The van der Waals surface area contributed by atoms with E-state index in [1.54, 1.807) is 0 Å². The molecule has 12 heavy (non-hydrogen) atoms. The zero-order chi connectivity index (χ0) is 9.14. The second-order valence-electron chi connectivity index (χ2n) is 1.89. The lowest BCUT2D eigenvalue weighted by Gasteiger charge is -2.02. The molecule has 0 saturated heterocycles. The minimum Gasteiger partial charge on any atom is -0.429 e. The van der Waals surface area contributed by atoms with E-state index in [1.165, 1.54) is 6.07 Å². The summed E-state index contributed by atoms with van der Waals surface area (Å²) in [6.45, 7) is 0. The van der Waals surface area contributed by atoms with Crippen molar-refractivity contribution in [3.8, 4) is 5.75 Å². The maximum Gasteiger partial charge on any atom is 0.261 e. The van der Waals surface area contributed by atoms with Crippen molar-refractivity contribution in [3.05, 3.63) is 29.8 Å². The van der Waals surface area contributed by atoms with Gasteiger partial charge in [-0.3, -0.25) is 0 Å². The molecule has 0 N–H and O–H groups in total. The quantitative estimate of drug-likeness (QED) is 0.519. The highest BCUT2D eigenvalue weighted by Gasteiger charge is 2.10. The fourth-order valence-electron chi connectivity index (χ4n) is 0.660. The number of halogens is 3. The molecule has 0 aliphatic carbocycles. The lowest BCUT2D eigenvalue weighted by molar-refractivity contribution is 0.459. The van der Waals surface area contributed by atoms with Gasteiger partial charge in [0.1, 0.15) is 0 Å². The molecular formula is C7H3ClF2OS. The van der Waals surface area contributed by atoms with Gasteiger partial charge in [0.2, 0.25) is 5.75 Å². The van der Waals surface area contributed by atoms with E-state index in [1.807, 2.05) is 0 Å². The van der Waals surface area contributed by atoms with E-state index in [2.05, 4.69) is 17.0 Å². The fourth-order valence-corrected chi connectivity index (χ4v) is 0.821. The second-order valence-corrected chi connectivity index (χ2v) is 2.83. The Labute approximate surface area is 77.9 Å². The van der Waals surface area contributed by atoms with Crippen LogP contribution >= 0.6 is 23.8 Å². The fraction of sp³-hybridized carbons (Fsp3) is 0. The maximum atomic E-state index is 12.7. The van der Waals surface area contributed by atoms with Crippen molar-refractivity contribution < 1.29 is 13.5 Å². The molecule has 1 aromatic rings. The van der Waals surface area contributed by atoms with Crippen LogP contribution in [0.5, 0.6) is 5.75 Å². The Morgan fingerprint density at radius 2 is 1.83 bits per heavy atom. The SMILES string of the molecule is Fc1cccc(F)c1OC(=S)Cl. The van der Waals surface area contributed by atoms with Crippen LogP contribution in [0.15, 0.2) is 18.2 Å². The summed E-state index contributed by atoms with van der Waals surface area (Å²) in [7, 11) is 0. The van der Waals surface area contributed by atoms with Gasteiger partial charge in [0.15, 0.2) is 11.6 Å². The van der Waals surface area contributed by atoms with Gasteiger partial charge in [-0.25, -0.2) is 8.78 Å². The molecule has 0 bridgehead atoms. The number of para-hydroxylation sites is 1. The number of hydrogen-bond donors (Lipinski definition) is 0. The largest absolute Gasteiger partial charge is 0.429 e. The smallest absolute Gasteiger partial charge is 0.261 e. The third-order valence-corrected chi connectivity index (χ3v) is 1.26. The molecule has 0 aliphatic rings. The average Bonchev–Trinajstić information content (AvgIpc) is 1.97. The third-order valence-electron chi connectivity index (χ3n) is 1.10. The summed E-state index contributed by atoms with van der Waals surface area (Å²) < 4.78 is 29.4. The van der Waals surface area contributed by atoms with Crippen molar-refractivity contribution in [2.24, 2.45) is 0 Å². The normalized spacial score (nSPS) is 9.58. The summed E-state index contributed by atoms with van der Waals surface area (Å²) in [5, 5.41) is 0. The van der Waals surface area contributed by atoms with Gasteiger partial charge in [-0.05, 0) is 36.0 Å². The first-order valence-electron chi connectivity index (χ1n) is 2.92. The van der Waals surface area contributed by atoms with Gasteiger partial charge in [0.25, 0.3) is 4.51 Å². The maximum absolute atomic E-state index is 12.7. The highest BCUT2D eigenvalue weighted by molar-refractivity contribution is 7.82. The van der Waals surface area contributed by atoms with Crippen LogP contribution in [0.3, 0.4) is 0 Å². The summed E-state index contributed by atoms with van der Waals surface area (Å²) in [5.74, 6) is -2.24. The Hall–Kier alpha value is -0.740. The Bertz CT molecular complexity index is 296. The number of rotatable bonds is 1. The molecule has 1 aromatic carbocycles. The Balaban J connectivity index is 3.04. The first-order valence-corrected chi connectivity index (χ1v) is 3.71. The number of thiocarbonyl (C=S) groups is 1. The predicted octanol–water partition coefficient (Wildman–Crippen LogP) is 2.87. The van der Waals surface area contributed by atoms with Crippen LogP contribution in [-0.2, 0) is 0 Å². The van der Waals surface area contributed by atoms with E-state index in [0.29, 0.717) is 0 Å². The molecule has 0 spiro atoms. The van der Waals surface area contributed by atoms with E-state index in [-0.39, 0.29) is 0 Å². The van der Waals surface area contributed by atoms with Crippen LogP contribution < -0.4 is 4.74 Å². The van der Waals surface area contributed by atoms with Gasteiger partial charge in [0, 0.05) is 0 Å². The van der Waals surface area contributed by atoms with E-state index in [4.69, 9.17) is 11.6 Å². The Morgan fingerprint density at radius 1 is 1.33 bits per heavy atom. The molecule has 0 atom stereocenters. The minimum absolute atomic E-state index is 0.445. The molecule has 1 rings (SSSR count). The molecule has 0 aromatic heterocycles. The molecule has 0 radical (unpaired) electrons. The summed E-state index contributed by atoms with van der Waals surface area (Å²) in [5.41, 5.74) is 0. The molecule has 0 heterocycles. The Morgan fingerprint density at radius 3 is 2.25 bits per heavy atom. The van der Waals surface area contributed by atoms with Gasteiger partial charge >= 0.3 is 0 Å².